The number of hydrogen-bond acceptors (Lipinski definition) is 2. The summed E-state index contributed by atoms with van der Waals surface area (Å²) in [4.78, 5) is 23.2. The zero-order valence-corrected chi connectivity index (χ0v) is 13.6. The summed E-state index contributed by atoms with van der Waals surface area (Å²) in [5.74, 6) is -1.19. The zero-order valence-electron chi connectivity index (χ0n) is 12.0. The Morgan fingerprint density at radius 1 is 1.33 bits per heavy atom. The van der Waals surface area contributed by atoms with E-state index < -0.39 is 11.9 Å². The Kier molecular flexibility index (Phi) is 5.39. The van der Waals surface area contributed by atoms with Gasteiger partial charge in [-0.15, -0.1) is 0 Å². The van der Waals surface area contributed by atoms with E-state index >= 15 is 0 Å². The van der Waals surface area contributed by atoms with Crippen LogP contribution >= 0.6 is 15.9 Å². The predicted molar refractivity (Wildman–Crippen MR) is 84.1 cm³/mol. The summed E-state index contributed by atoms with van der Waals surface area (Å²) < 4.78 is 1.01. The molecule has 0 aromatic heterocycles. The van der Waals surface area contributed by atoms with E-state index in [4.69, 9.17) is 5.11 Å². The van der Waals surface area contributed by atoms with Crippen LogP contribution in [-0.2, 0) is 9.59 Å². The minimum Gasteiger partial charge on any atom is -0.481 e. The summed E-state index contributed by atoms with van der Waals surface area (Å²) in [7, 11) is 0. The largest absolute Gasteiger partial charge is 0.481 e. The fraction of sp³-hybridized carbons (Fsp3) is 0.500. The first kappa shape index (κ1) is 16.0. The molecule has 3 unspecified atom stereocenters. The summed E-state index contributed by atoms with van der Waals surface area (Å²) >= 11 is 3.39. The molecule has 114 valence electrons. The number of amides is 1. The lowest BCUT2D eigenvalue weighted by Gasteiger charge is -2.19. The molecule has 4 nitrogen and oxygen atoms in total. The smallest absolute Gasteiger partial charge is 0.308 e. The number of benzene rings is 1. The fourth-order valence-electron chi connectivity index (χ4n) is 2.88. The lowest BCUT2D eigenvalue weighted by atomic mass is 9.97. The van der Waals surface area contributed by atoms with Gasteiger partial charge in [-0.1, -0.05) is 41.4 Å². The Bertz CT molecular complexity index is 515. The van der Waals surface area contributed by atoms with Gasteiger partial charge in [0.2, 0.25) is 5.91 Å². The highest BCUT2D eigenvalue weighted by atomic mass is 79.9. The molecule has 1 aliphatic carbocycles. The van der Waals surface area contributed by atoms with Gasteiger partial charge in [-0.3, -0.25) is 9.59 Å². The Morgan fingerprint density at radius 3 is 2.62 bits per heavy atom. The quantitative estimate of drug-likeness (QED) is 0.853. The maximum Gasteiger partial charge on any atom is 0.308 e. The molecule has 1 aliphatic rings. The van der Waals surface area contributed by atoms with E-state index in [2.05, 4.69) is 21.2 Å². The summed E-state index contributed by atoms with van der Waals surface area (Å²) in [6, 6.07) is 7.70. The molecule has 2 rings (SSSR count). The predicted octanol–water partition coefficient (Wildman–Crippen LogP) is 3.31. The Hall–Kier alpha value is -1.36. The molecule has 1 fully saturated rings. The van der Waals surface area contributed by atoms with Crippen molar-refractivity contribution >= 4 is 27.8 Å². The van der Waals surface area contributed by atoms with Crippen molar-refractivity contribution in [2.24, 2.45) is 5.92 Å². The Morgan fingerprint density at radius 2 is 2.00 bits per heavy atom. The van der Waals surface area contributed by atoms with Crippen molar-refractivity contribution in [1.29, 1.82) is 0 Å². The lowest BCUT2D eigenvalue weighted by Crippen LogP contribution is -2.40. The van der Waals surface area contributed by atoms with Crippen LogP contribution in [0.4, 0.5) is 0 Å². The van der Waals surface area contributed by atoms with E-state index in [-0.39, 0.29) is 17.9 Å². The molecule has 1 saturated carbocycles. The average molecular weight is 354 g/mol. The first-order valence-corrected chi connectivity index (χ1v) is 8.04. The normalized spacial score (nSPS) is 22.8. The van der Waals surface area contributed by atoms with Crippen molar-refractivity contribution in [3.05, 3.63) is 34.3 Å². The lowest BCUT2D eigenvalue weighted by molar-refractivity contribution is -0.142. The Balaban J connectivity index is 1.89. The van der Waals surface area contributed by atoms with Crippen LogP contribution in [0.3, 0.4) is 0 Å². The first-order chi connectivity index (χ1) is 9.97. The second-order valence-electron chi connectivity index (χ2n) is 5.71. The first-order valence-electron chi connectivity index (χ1n) is 7.25. The third-order valence-electron chi connectivity index (χ3n) is 4.11. The van der Waals surface area contributed by atoms with Crippen LogP contribution in [0, 0.1) is 5.92 Å². The number of aliphatic carboxylic acids is 1. The van der Waals surface area contributed by atoms with Crippen LogP contribution in [0.25, 0.3) is 0 Å². The molecule has 0 bridgehead atoms. The van der Waals surface area contributed by atoms with Crippen molar-refractivity contribution in [3.8, 4) is 0 Å². The number of halogens is 1. The maximum atomic E-state index is 12.1. The molecule has 5 heteroatoms. The van der Waals surface area contributed by atoms with E-state index in [0.717, 1.165) is 22.9 Å². The fourth-order valence-corrected chi connectivity index (χ4v) is 3.15. The second-order valence-corrected chi connectivity index (χ2v) is 6.62. The molecule has 0 spiro atoms. The van der Waals surface area contributed by atoms with Crippen LogP contribution in [0.5, 0.6) is 0 Å². The van der Waals surface area contributed by atoms with Gasteiger partial charge in [0.15, 0.2) is 0 Å². The molecule has 0 radical (unpaired) electrons. The molecule has 2 N–H and O–H groups in total. The number of carboxylic acid groups (broad SMARTS) is 1. The van der Waals surface area contributed by atoms with Gasteiger partial charge in [-0.25, -0.2) is 0 Å². The van der Waals surface area contributed by atoms with Gasteiger partial charge >= 0.3 is 5.97 Å². The topological polar surface area (TPSA) is 66.4 Å². The van der Waals surface area contributed by atoms with Crippen molar-refractivity contribution in [3.63, 3.8) is 0 Å². The highest BCUT2D eigenvalue weighted by Gasteiger charge is 2.33. The number of carbonyl (C=O) groups excluding carboxylic acids is 1. The summed E-state index contributed by atoms with van der Waals surface area (Å²) in [5, 5.41) is 12.0. The summed E-state index contributed by atoms with van der Waals surface area (Å²) in [6.07, 6.45) is 2.66. The average Bonchev–Trinajstić information content (AvgIpc) is 2.87. The van der Waals surface area contributed by atoms with Gasteiger partial charge in [0.1, 0.15) is 0 Å². The van der Waals surface area contributed by atoms with Crippen molar-refractivity contribution in [1.82, 2.24) is 5.32 Å². The number of rotatable bonds is 5. The van der Waals surface area contributed by atoms with Gasteiger partial charge in [0, 0.05) is 16.9 Å². The van der Waals surface area contributed by atoms with Gasteiger partial charge < -0.3 is 10.4 Å². The second kappa shape index (κ2) is 7.07. The minimum absolute atomic E-state index is 0.0661. The zero-order chi connectivity index (χ0) is 15.4. The van der Waals surface area contributed by atoms with Crippen LogP contribution in [0.1, 0.15) is 44.1 Å². The van der Waals surface area contributed by atoms with Crippen molar-refractivity contribution in [2.75, 3.05) is 0 Å². The third kappa shape index (κ3) is 4.30. The van der Waals surface area contributed by atoms with Crippen LogP contribution < -0.4 is 5.32 Å². The van der Waals surface area contributed by atoms with Gasteiger partial charge in [0.05, 0.1) is 5.92 Å². The molecule has 0 heterocycles. The molecular formula is C16H20BrNO3. The van der Waals surface area contributed by atoms with E-state index in [1.165, 1.54) is 0 Å². The number of carboxylic acids is 1. The molecular weight excluding hydrogens is 334 g/mol. The number of hydrogen-bond donors (Lipinski definition) is 2. The minimum atomic E-state index is -0.807. The molecule has 1 amide bonds. The molecule has 1 aromatic rings. The summed E-state index contributed by atoms with van der Waals surface area (Å²) in [5.41, 5.74) is 1.11. The highest BCUT2D eigenvalue weighted by molar-refractivity contribution is 9.10. The van der Waals surface area contributed by atoms with Gasteiger partial charge in [-0.2, -0.15) is 0 Å². The highest BCUT2D eigenvalue weighted by Crippen LogP contribution is 2.27. The molecule has 21 heavy (non-hydrogen) atoms. The maximum absolute atomic E-state index is 12.1. The van der Waals surface area contributed by atoms with E-state index in [0.29, 0.717) is 12.8 Å². The van der Waals surface area contributed by atoms with E-state index in [1.54, 1.807) is 0 Å². The third-order valence-corrected chi connectivity index (χ3v) is 4.64. The van der Waals surface area contributed by atoms with Crippen molar-refractivity contribution in [2.45, 2.75) is 44.6 Å². The standard InChI is InChI=1S/C16H20BrNO3/c1-10(11-5-7-12(17)8-6-11)9-15(19)18-14-4-2-3-13(14)16(20)21/h5-8,10,13-14H,2-4,9H2,1H3,(H,18,19)(H,20,21). The van der Waals surface area contributed by atoms with E-state index in [1.807, 2.05) is 31.2 Å². The van der Waals surface area contributed by atoms with Crippen LogP contribution in [0.2, 0.25) is 0 Å². The number of nitrogens with one attached hydrogen (secondary N) is 1. The monoisotopic (exact) mass is 353 g/mol. The SMILES string of the molecule is CC(CC(=O)NC1CCCC1C(=O)O)c1ccc(Br)cc1. The van der Waals surface area contributed by atoms with Gasteiger partial charge in [-0.05, 0) is 36.5 Å². The van der Waals surface area contributed by atoms with Gasteiger partial charge in [0.25, 0.3) is 0 Å². The Labute approximate surface area is 133 Å². The molecule has 1 aromatic carbocycles. The van der Waals surface area contributed by atoms with Crippen LogP contribution in [0.15, 0.2) is 28.7 Å². The molecule has 3 atom stereocenters. The van der Waals surface area contributed by atoms with E-state index in [9.17, 15) is 9.59 Å². The van der Waals surface area contributed by atoms with Crippen LogP contribution in [-0.4, -0.2) is 23.0 Å². The summed E-state index contributed by atoms with van der Waals surface area (Å²) in [6.45, 7) is 2.01. The molecule has 0 saturated heterocycles. The van der Waals surface area contributed by atoms with Crippen molar-refractivity contribution < 1.29 is 14.7 Å². The number of carbonyl (C=O) groups is 2. The molecule has 0 aliphatic heterocycles.